The minimum absolute atomic E-state index is 0.219. The number of carbonyl (C=O) groups is 1. The third-order valence-electron chi connectivity index (χ3n) is 3.69. The smallest absolute Gasteiger partial charge is 0.276 e. The number of benzene rings is 1. The van der Waals surface area contributed by atoms with Gasteiger partial charge in [-0.05, 0) is 45.8 Å². The predicted octanol–water partition coefficient (Wildman–Crippen LogP) is 2.32. The van der Waals surface area contributed by atoms with Crippen LogP contribution >= 0.6 is 15.9 Å². The van der Waals surface area contributed by atoms with Crippen molar-refractivity contribution in [3.05, 3.63) is 77.2 Å². The predicted molar refractivity (Wildman–Crippen MR) is 100 cm³/mol. The number of aromatic nitrogens is 7. The van der Waals surface area contributed by atoms with Gasteiger partial charge in [0.2, 0.25) is 0 Å². The van der Waals surface area contributed by atoms with E-state index in [0.29, 0.717) is 18.1 Å². The number of rotatable bonds is 5. The maximum absolute atomic E-state index is 12.3. The van der Waals surface area contributed by atoms with Gasteiger partial charge in [-0.2, -0.15) is 10.2 Å². The van der Waals surface area contributed by atoms with Gasteiger partial charge in [-0.3, -0.25) is 4.79 Å². The summed E-state index contributed by atoms with van der Waals surface area (Å²) >= 11 is 3.32. The molecule has 1 amide bonds. The van der Waals surface area contributed by atoms with Crippen LogP contribution in [-0.2, 0) is 6.54 Å². The first-order chi connectivity index (χ1) is 13.2. The van der Waals surface area contributed by atoms with Crippen molar-refractivity contribution in [1.29, 1.82) is 0 Å². The van der Waals surface area contributed by atoms with Crippen molar-refractivity contribution in [2.24, 2.45) is 0 Å². The summed E-state index contributed by atoms with van der Waals surface area (Å²) in [6.45, 7) is 0.616. The van der Waals surface area contributed by atoms with Crippen molar-refractivity contribution in [3.8, 4) is 5.82 Å². The molecule has 134 valence electrons. The Morgan fingerprint density at radius 2 is 1.93 bits per heavy atom. The lowest BCUT2D eigenvalue weighted by atomic mass is 10.2. The van der Waals surface area contributed by atoms with Gasteiger partial charge in [-0.25, -0.2) is 14.3 Å². The quantitative estimate of drug-likeness (QED) is 0.527. The fraction of sp³-hybridized carbons (Fsp3) is 0.0588. The van der Waals surface area contributed by atoms with Crippen LogP contribution in [0.25, 0.3) is 5.82 Å². The molecule has 3 aromatic heterocycles. The van der Waals surface area contributed by atoms with Gasteiger partial charge in [0.25, 0.3) is 5.91 Å². The molecule has 4 aromatic rings. The second-order valence-electron chi connectivity index (χ2n) is 5.62. The lowest BCUT2D eigenvalue weighted by Crippen LogP contribution is -2.15. The van der Waals surface area contributed by atoms with Gasteiger partial charge in [-0.1, -0.05) is 12.1 Å². The molecule has 1 N–H and O–H groups in total. The maximum Gasteiger partial charge on any atom is 0.276 e. The lowest BCUT2D eigenvalue weighted by Gasteiger charge is -2.06. The monoisotopic (exact) mass is 424 g/mol. The summed E-state index contributed by atoms with van der Waals surface area (Å²) in [5.74, 6) is 0.189. The van der Waals surface area contributed by atoms with Crippen LogP contribution in [0, 0.1) is 0 Å². The van der Waals surface area contributed by atoms with E-state index in [-0.39, 0.29) is 11.6 Å². The van der Waals surface area contributed by atoms with Crippen molar-refractivity contribution < 1.29 is 4.79 Å². The van der Waals surface area contributed by atoms with E-state index in [2.05, 4.69) is 46.6 Å². The van der Waals surface area contributed by atoms with Crippen molar-refractivity contribution in [1.82, 2.24) is 34.7 Å². The molecule has 0 unspecified atom stereocenters. The van der Waals surface area contributed by atoms with Crippen LogP contribution in [-0.4, -0.2) is 40.6 Å². The lowest BCUT2D eigenvalue weighted by molar-refractivity contribution is 0.102. The Hall–Kier alpha value is -3.40. The molecule has 0 aliphatic heterocycles. The molecule has 27 heavy (non-hydrogen) atoms. The summed E-state index contributed by atoms with van der Waals surface area (Å²) in [6.07, 6.45) is 6.55. The highest BCUT2D eigenvalue weighted by Gasteiger charge is 2.10. The van der Waals surface area contributed by atoms with E-state index in [9.17, 15) is 4.79 Å². The number of nitrogens with zero attached hydrogens (tertiary/aromatic N) is 7. The normalized spacial score (nSPS) is 10.7. The Bertz CT molecular complexity index is 1040. The zero-order chi connectivity index (χ0) is 18.6. The highest BCUT2D eigenvalue weighted by Crippen LogP contribution is 2.13. The van der Waals surface area contributed by atoms with Crippen LogP contribution in [0.1, 0.15) is 16.1 Å². The molecule has 10 heteroatoms. The minimum atomic E-state index is -0.334. The van der Waals surface area contributed by atoms with Crippen LogP contribution in [0.4, 0.5) is 5.69 Å². The minimum Gasteiger partial charge on any atom is -0.321 e. The summed E-state index contributed by atoms with van der Waals surface area (Å²) in [6, 6.07) is 10.8. The maximum atomic E-state index is 12.3. The van der Waals surface area contributed by atoms with E-state index in [1.54, 1.807) is 40.2 Å². The Kier molecular flexibility index (Phi) is 4.71. The molecular formula is C17H13BrN8O. The van der Waals surface area contributed by atoms with E-state index in [1.807, 2.05) is 24.3 Å². The highest BCUT2D eigenvalue weighted by atomic mass is 79.9. The van der Waals surface area contributed by atoms with Crippen molar-refractivity contribution in [2.45, 2.75) is 6.54 Å². The standard InChI is InChI=1S/C17H13BrN8O/c18-13-7-20-26(9-13)16-6-5-15(23-24-16)17(27)22-14-3-1-12(2-4-14)8-25-11-19-10-21-25/h1-7,9-11H,8H2,(H,22,27). The number of anilines is 1. The van der Waals surface area contributed by atoms with Crippen LogP contribution in [0.15, 0.2) is 65.9 Å². The number of hydrogen-bond acceptors (Lipinski definition) is 6. The van der Waals surface area contributed by atoms with Gasteiger partial charge in [0, 0.05) is 11.9 Å². The highest BCUT2D eigenvalue weighted by molar-refractivity contribution is 9.10. The van der Waals surface area contributed by atoms with Crippen molar-refractivity contribution in [3.63, 3.8) is 0 Å². The van der Waals surface area contributed by atoms with Crippen LogP contribution < -0.4 is 5.32 Å². The second kappa shape index (κ2) is 7.46. The first-order valence-corrected chi connectivity index (χ1v) is 8.74. The Labute approximate surface area is 162 Å². The van der Waals surface area contributed by atoms with E-state index in [1.165, 1.54) is 6.33 Å². The summed E-state index contributed by atoms with van der Waals surface area (Å²) < 4.78 is 4.12. The Morgan fingerprint density at radius 3 is 2.56 bits per heavy atom. The molecule has 0 spiro atoms. The third-order valence-corrected chi connectivity index (χ3v) is 4.10. The fourth-order valence-corrected chi connectivity index (χ4v) is 2.67. The van der Waals surface area contributed by atoms with Crippen LogP contribution in [0.2, 0.25) is 0 Å². The molecule has 1 aromatic carbocycles. The number of amides is 1. The summed E-state index contributed by atoms with van der Waals surface area (Å²) in [5, 5.41) is 19.0. The number of hydrogen-bond donors (Lipinski definition) is 1. The SMILES string of the molecule is O=C(Nc1ccc(Cn2cncn2)cc1)c1ccc(-n2cc(Br)cn2)nn1. The van der Waals surface area contributed by atoms with Gasteiger partial charge < -0.3 is 5.32 Å². The topological polar surface area (TPSA) is 103 Å². The van der Waals surface area contributed by atoms with E-state index in [4.69, 9.17) is 0 Å². The van der Waals surface area contributed by atoms with Crippen LogP contribution in [0.5, 0.6) is 0 Å². The molecule has 9 nitrogen and oxygen atoms in total. The zero-order valence-corrected chi connectivity index (χ0v) is 15.5. The average molecular weight is 425 g/mol. The van der Waals surface area contributed by atoms with Gasteiger partial charge >= 0.3 is 0 Å². The van der Waals surface area contributed by atoms with E-state index in [0.717, 1.165) is 10.0 Å². The van der Waals surface area contributed by atoms with Gasteiger partial charge in [0.05, 0.1) is 17.2 Å². The molecule has 0 atom stereocenters. The number of carbonyl (C=O) groups excluding carboxylic acids is 1. The largest absolute Gasteiger partial charge is 0.321 e. The number of halogens is 1. The van der Waals surface area contributed by atoms with Crippen LogP contribution in [0.3, 0.4) is 0 Å². The van der Waals surface area contributed by atoms with Crippen molar-refractivity contribution >= 4 is 27.5 Å². The molecule has 0 bridgehead atoms. The summed E-state index contributed by atoms with van der Waals surface area (Å²) in [7, 11) is 0. The molecule has 0 fully saturated rings. The van der Waals surface area contributed by atoms with Gasteiger partial charge in [0.1, 0.15) is 12.7 Å². The zero-order valence-electron chi connectivity index (χ0n) is 13.9. The van der Waals surface area contributed by atoms with E-state index < -0.39 is 0 Å². The van der Waals surface area contributed by atoms with E-state index >= 15 is 0 Å². The third kappa shape index (κ3) is 4.06. The Balaban J connectivity index is 1.41. The summed E-state index contributed by atoms with van der Waals surface area (Å²) in [5.41, 5.74) is 1.94. The summed E-state index contributed by atoms with van der Waals surface area (Å²) in [4.78, 5) is 16.3. The molecule has 0 saturated carbocycles. The molecule has 3 heterocycles. The Morgan fingerprint density at radius 1 is 1.07 bits per heavy atom. The molecule has 0 aliphatic rings. The van der Waals surface area contributed by atoms with Crippen molar-refractivity contribution in [2.75, 3.05) is 5.32 Å². The molecule has 4 rings (SSSR count). The van der Waals surface area contributed by atoms with Gasteiger partial charge in [-0.15, -0.1) is 10.2 Å². The molecule has 0 radical (unpaired) electrons. The molecular weight excluding hydrogens is 412 g/mol. The first kappa shape index (κ1) is 17.0. The molecule has 0 aliphatic carbocycles. The average Bonchev–Trinajstić information content (AvgIpc) is 3.35. The molecule has 0 saturated heterocycles. The second-order valence-corrected chi connectivity index (χ2v) is 6.54. The fourth-order valence-electron chi connectivity index (χ4n) is 2.38. The first-order valence-electron chi connectivity index (χ1n) is 7.94. The van der Waals surface area contributed by atoms with Gasteiger partial charge in [0.15, 0.2) is 11.5 Å². The number of nitrogens with one attached hydrogen (secondary N) is 1.